The van der Waals surface area contributed by atoms with Crippen LogP contribution in [0.2, 0.25) is 0 Å². The average molecular weight is 884 g/mol. The van der Waals surface area contributed by atoms with Gasteiger partial charge in [-0.25, -0.2) is 0 Å². The molecule has 0 fully saturated rings. The first-order chi connectivity index (χ1) is 33.8. The number of hydrogen-bond donors (Lipinski definition) is 0. The van der Waals surface area contributed by atoms with Crippen LogP contribution in [-0.4, -0.2) is 9.13 Å². The van der Waals surface area contributed by atoms with E-state index >= 15 is 0 Å². The minimum Gasteiger partial charge on any atom is -0.309 e. The molecule has 12 aromatic rings. The molecule has 10 aromatic carbocycles. The van der Waals surface area contributed by atoms with Crippen molar-refractivity contribution in [1.29, 1.82) is 0 Å². The first kappa shape index (κ1) is 39.7. The lowest BCUT2D eigenvalue weighted by molar-refractivity contribution is 0.660. The lowest BCUT2D eigenvalue weighted by atomic mass is 9.82. The highest BCUT2D eigenvalue weighted by molar-refractivity contribution is 6.17. The van der Waals surface area contributed by atoms with Gasteiger partial charge >= 0.3 is 0 Å². The monoisotopic (exact) mass is 883 g/mol. The maximum absolute atomic E-state index is 2.53. The Balaban J connectivity index is 0.975. The summed E-state index contributed by atoms with van der Waals surface area (Å²) in [5, 5.41) is 4.97. The highest BCUT2D eigenvalue weighted by Gasteiger charge is 2.39. The maximum Gasteiger partial charge on any atom is 0.0562 e. The van der Waals surface area contributed by atoms with E-state index in [0.717, 1.165) is 17.1 Å². The predicted molar refractivity (Wildman–Crippen MR) is 290 cm³/mol. The van der Waals surface area contributed by atoms with Gasteiger partial charge in [-0.15, -0.1) is 0 Å². The average Bonchev–Trinajstić information content (AvgIpc) is 4.05. The normalized spacial score (nSPS) is 14.0. The Kier molecular flexibility index (Phi) is 8.38. The zero-order valence-electron chi connectivity index (χ0n) is 39.2. The third-order valence-electron chi connectivity index (χ3n) is 15.7. The van der Waals surface area contributed by atoms with E-state index in [2.05, 4.69) is 266 Å². The Morgan fingerprint density at radius 1 is 0.333 bits per heavy atom. The van der Waals surface area contributed by atoms with Gasteiger partial charge in [0.1, 0.15) is 0 Å². The van der Waals surface area contributed by atoms with Crippen LogP contribution in [0.25, 0.3) is 88.4 Å². The topological polar surface area (TPSA) is 13.1 Å². The lowest BCUT2D eigenvalue weighted by Crippen LogP contribution is -2.16. The number of para-hydroxylation sites is 3. The molecule has 0 unspecified atom stereocenters. The Hall–Kier alpha value is -8.40. The molecule has 2 aromatic heterocycles. The third kappa shape index (κ3) is 5.62. The summed E-state index contributed by atoms with van der Waals surface area (Å²) in [5.41, 5.74) is 23.5. The number of rotatable bonds is 6. The molecule has 328 valence electrons. The standard InChI is InChI=1S/C66H49N3/c1-65(2)54-27-15-12-24-48(54)63-55(65)28-17-30-59(63)69(61-32-18-31-60-64(61)49-25-13-16-29-57(49)67(60)44-19-7-5-8-20-44)46-36-33-42(34-37-46)43-35-38-58-51(39-43)52-40-50-47-23-11-14-26-53(47)66(3,4)56(50)41-62(52)68(58)45-21-9-6-10-22-45/h5-41H,1-4H3. The van der Waals surface area contributed by atoms with Gasteiger partial charge in [-0.3, -0.25) is 0 Å². The quantitative estimate of drug-likeness (QED) is 0.162. The van der Waals surface area contributed by atoms with Crippen LogP contribution in [0.1, 0.15) is 49.9 Å². The molecule has 0 saturated heterocycles. The molecule has 0 amide bonds. The third-order valence-corrected chi connectivity index (χ3v) is 15.7. The van der Waals surface area contributed by atoms with E-state index in [0.29, 0.717) is 0 Å². The molecule has 0 aliphatic heterocycles. The van der Waals surface area contributed by atoms with Gasteiger partial charge in [-0.2, -0.15) is 0 Å². The Morgan fingerprint density at radius 3 is 1.62 bits per heavy atom. The molecule has 3 heteroatoms. The molecule has 2 aliphatic rings. The molecule has 0 spiro atoms. The van der Waals surface area contributed by atoms with Crippen LogP contribution in [0.3, 0.4) is 0 Å². The van der Waals surface area contributed by atoms with Gasteiger partial charge in [0, 0.05) is 55.0 Å². The zero-order chi connectivity index (χ0) is 46.2. The van der Waals surface area contributed by atoms with E-state index in [9.17, 15) is 0 Å². The molecular formula is C66H49N3. The Morgan fingerprint density at radius 2 is 0.870 bits per heavy atom. The van der Waals surface area contributed by atoms with Gasteiger partial charge in [0.05, 0.1) is 33.4 Å². The number of nitrogens with zero attached hydrogens (tertiary/aromatic N) is 3. The summed E-state index contributed by atoms with van der Waals surface area (Å²) in [6, 6.07) is 83.5. The van der Waals surface area contributed by atoms with Crippen molar-refractivity contribution in [3.63, 3.8) is 0 Å². The molecule has 0 saturated carbocycles. The second-order valence-electron chi connectivity index (χ2n) is 20.1. The molecule has 3 nitrogen and oxygen atoms in total. The van der Waals surface area contributed by atoms with Crippen molar-refractivity contribution in [3.8, 4) is 44.8 Å². The smallest absolute Gasteiger partial charge is 0.0562 e. The Bertz CT molecular complexity index is 4050. The van der Waals surface area contributed by atoms with Gasteiger partial charge < -0.3 is 14.0 Å². The number of hydrogen-bond acceptors (Lipinski definition) is 1. The minimum absolute atomic E-state index is 0.0945. The van der Waals surface area contributed by atoms with E-state index in [4.69, 9.17) is 0 Å². The van der Waals surface area contributed by atoms with E-state index in [1.165, 1.54) is 111 Å². The number of benzene rings is 10. The SMILES string of the molecule is CC1(C)c2ccccc2-c2cc3c4cc(-c5ccc(N(c6cccc7c6-c6ccccc6C7(C)C)c6cccc7c6c6ccccc6n7-c6ccccc6)cc5)ccc4n(-c4ccccc4)c3cc21. The van der Waals surface area contributed by atoms with Crippen molar-refractivity contribution in [1.82, 2.24) is 9.13 Å². The summed E-state index contributed by atoms with van der Waals surface area (Å²) in [4.78, 5) is 2.53. The summed E-state index contributed by atoms with van der Waals surface area (Å²) in [6.07, 6.45) is 0. The molecule has 0 bridgehead atoms. The minimum atomic E-state index is -0.144. The van der Waals surface area contributed by atoms with E-state index in [1.807, 2.05) is 0 Å². The van der Waals surface area contributed by atoms with Crippen LogP contribution >= 0.6 is 0 Å². The predicted octanol–water partition coefficient (Wildman–Crippen LogP) is 17.6. The molecule has 14 rings (SSSR count). The highest BCUT2D eigenvalue weighted by Crippen LogP contribution is 2.56. The summed E-state index contributed by atoms with van der Waals surface area (Å²) >= 11 is 0. The number of fused-ring (bicyclic) bond motifs is 12. The van der Waals surface area contributed by atoms with Crippen LogP contribution in [0.5, 0.6) is 0 Å². The first-order valence-corrected chi connectivity index (χ1v) is 24.3. The summed E-state index contributed by atoms with van der Waals surface area (Å²) in [6.45, 7) is 9.48. The van der Waals surface area contributed by atoms with Crippen molar-refractivity contribution in [2.45, 2.75) is 38.5 Å². The number of aromatic nitrogens is 2. The van der Waals surface area contributed by atoms with Crippen molar-refractivity contribution < 1.29 is 0 Å². The van der Waals surface area contributed by atoms with Crippen molar-refractivity contribution in [2.24, 2.45) is 0 Å². The van der Waals surface area contributed by atoms with E-state index in [1.54, 1.807) is 0 Å². The fraction of sp³-hybridized carbons (Fsp3) is 0.0909. The largest absolute Gasteiger partial charge is 0.309 e. The van der Waals surface area contributed by atoms with Gasteiger partial charge in [0.2, 0.25) is 0 Å². The molecule has 0 radical (unpaired) electrons. The van der Waals surface area contributed by atoms with Crippen LogP contribution in [0, 0.1) is 0 Å². The van der Waals surface area contributed by atoms with E-state index < -0.39 is 0 Å². The van der Waals surface area contributed by atoms with Gasteiger partial charge in [0.15, 0.2) is 0 Å². The fourth-order valence-electron chi connectivity index (χ4n) is 12.4. The second-order valence-corrected chi connectivity index (χ2v) is 20.1. The van der Waals surface area contributed by atoms with Crippen molar-refractivity contribution >= 4 is 60.7 Å². The molecule has 2 aliphatic carbocycles. The van der Waals surface area contributed by atoms with Crippen LogP contribution in [-0.2, 0) is 10.8 Å². The summed E-state index contributed by atoms with van der Waals surface area (Å²) < 4.78 is 4.88. The fourth-order valence-corrected chi connectivity index (χ4v) is 12.4. The van der Waals surface area contributed by atoms with E-state index in [-0.39, 0.29) is 10.8 Å². The summed E-state index contributed by atoms with van der Waals surface area (Å²) in [7, 11) is 0. The number of anilines is 3. The molecule has 0 N–H and O–H groups in total. The van der Waals surface area contributed by atoms with Crippen LogP contribution < -0.4 is 4.90 Å². The van der Waals surface area contributed by atoms with Gasteiger partial charge in [-0.05, 0) is 135 Å². The Labute approximate surface area is 402 Å². The van der Waals surface area contributed by atoms with Crippen LogP contribution in [0.15, 0.2) is 224 Å². The molecule has 2 heterocycles. The maximum atomic E-state index is 2.53. The first-order valence-electron chi connectivity index (χ1n) is 24.3. The molecular weight excluding hydrogens is 835 g/mol. The zero-order valence-corrected chi connectivity index (χ0v) is 39.2. The summed E-state index contributed by atoms with van der Waals surface area (Å²) in [5.74, 6) is 0. The second kappa shape index (κ2) is 14.6. The highest BCUT2D eigenvalue weighted by atomic mass is 15.2. The van der Waals surface area contributed by atoms with Gasteiger partial charge in [0.25, 0.3) is 0 Å². The molecule has 69 heavy (non-hydrogen) atoms. The lowest BCUT2D eigenvalue weighted by Gasteiger charge is -2.29. The van der Waals surface area contributed by atoms with Gasteiger partial charge in [-0.1, -0.05) is 167 Å². The van der Waals surface area contributed by atoms with Crippen molar-refractivity contribution in [2.75, 3.05) is 4.90 Å². The molecule has 0 atom stereocenters. The van der Waals surface area contributed by atoms with Crippen molar-refractivity contribution in [3.05, 3.63) is 247 Å². The van der Waals surface area contributed by atoms with Crippen LogP contribution in [0.4, 0.5) is 17.1 Å².